The number of carbonyl (C=O) groups is 1. The number of aromatic nitrogens is 3. The van der Waals surface area contributed by atoms with Crippen LogP contribution in [0.2, 0.25) is 5.02 Å². The van der Waals surface area contributed by atoms with E-state index in [1.165, 1.54) is 17.3 Å². The molecular weight excluding hydrogens is 416 g/mol. The van der Waals surface area contributed by atoms with E-state index in [9.17, 15) is 4.79 Å². The zero-order valence-corrected chi connectivity index (χ0v) is 18.3. The smallest absolute Gasteiger partial charge is 0.234 e. The van der Waals surface area contributed by atoms with E-state index in [1.807, 2.05) is 55.5 Å². The summed E-state index contributed by atoms with van der Waals surface area (Å²) >= 11 is 7.37. The highest BCUT2D eigenvalue weighted by Crippen LogP contribution is 2.24. The number of thioether (sulfide) groups is 1. The lowest BCUT2D eigenvalue weighted by Crippen LogP contribution is -2.14. The Hall–Kier alpha value is -2.83. The van der Waals surface area contributed by atoms with Crippen molar-refractivity contribution >= 4 is 46.0 Å². The molecule has 0 saturated heterocycles. The van der Waals surface area contributed by atoms with Crippen LogP contribution in [-0.2, 0) is 11.2 Å². The fourth-order valence-corrected chi connectivity index (χ4v) is 3.87. The molecular formula is C23H21ClN4OS. The number of benzene rings is 3. The molecule has 0 radical (unpaired) electrons. The molecule has 0 aliphatic carbocycles. The van der Waals surface area contributed by atoms with Crippen molar-refractivity contribution in [1.29, 1.82) is 0 Å². The molecule has 0 saturated carbocycles. The Morgan fingerprint density at radius 3 is 2.37 bits per heavy atom. The number of nitrogens with zero attached hydrogens (tertiary/aromatic N) is 3. The van der Waals surface area contributed by atoms with Crippen LogP contribution >= 0.6 is 23.4 Å². The molecule has 5 nitrogen and oxygen atoms in total. The second-order valence-electron chi connectivity index (χ2n) is 6.96. The van der Waals surface area contributed by atoms with Crippen molar-refractivity contribution in [3.8, 4) is 5.69 Å². The Bertz CT molecular complexity index is 1190. The average Bonchev–Trinajstić information content (AvgIpc) is 3.16. The molecule has 1 aromatic heterocycles. The first-order valence-electron chi connectivity index (χ1n) is 9.67. The lowest BCUT2D eigenvalue weighted by atomic mass is 10.2. The van der Waals surface area contributed by atoms with Gasteiger partial charge in [0.1, 0.15) is 11.0 Å². The number of amides is 1. The molecule has 4 rings (SSSR count). The molecule has 152 valence electrons. The number of nitrogens with one attached hydrogen (secondary N) is 1. The summed E-state index contributed by atoms with van der Waals surface area (Å²) in [5, 5.41) is 12.8. The number of halogens is 1. The van der Waals surface area contributed by atoms with Crippen LogP contribution in [0.4, 0.5) is 5.69 Å². The first kappa shape index (κ1) is 20.4. The summed E-state index contributed by atoms with van der Waals surface area (Å²) < 4.78 is 0. The van der Waals surface area contributed by atoms with Crippen LogP contribution in [0.3, 0.4) is 0 Å². The van der Waals surface area contributed by atoms with Gasteiger partial charge in [-0.05, 0) is 73.0 Å². The Morgan fingerprint density at radius 1 is 1.03 bits per heavy atom. The van der Waals surface area contributed by atoms with Crippen LogP contribution in [0.1, 0.15) is 18.1 Å². The minimum atomic E-state index is -0.0695. The zero-order valence-electron chi connectivity index (χ0n) is 16.7. The molecule has 0 atom stereocenters. The van der Waals surface area contributed by atoms with Crippen molar-refractivity contribution in [2.45, 2.75) is 25.2 Å². The minimum absolute atomic E-state index is 0.0695. The summed E-state index contributed by atoms with van der Waals surface area (Å²) in [5.74, 6) is 0.246. The normalized spacial score (nSPS) is 11.0. The van der Waals surface area contributed by atoms with Gasteiger partial charge in [0.05, 0.1) is 11.4 Å². The lowest BCUT2D eigenvalue weighted by molar-refractivity contribution is -0.113. The molecule has 0 aliphatic rings. The number of carbonyl (C=O) groups excluding carboxylic acids is 1. The van der Waals surface area contributed by atoms with Gasteiger partial charge in [-0.15, -0.1) is 22.0 Å². The summed E-state index contributed by atoms with van der Waals surface area (Å²) in [4.78, 5) is 15.1. The van der Waals surface area contributed by atoms with Gasteiger partial charge >= 0.3 is 0 Å². The van der Waals surface area contributed by atoms with Crippen LogP contribution in [0.15, 0.2) is 65.6 Å². The van der Waals surface area contributed by atoms with Gasteiger partial charge in [-0.1, -0.05) is 30.7 Å². The van der Waals surface area contributed by atoms with E-state index in [1.54, 1.807) is 4.80 Å². The highest BCUT2D eigenvalue weighted by Gasteiger charge is 2.11. The maximum atomic E-state index is 12.4. The number of fused-ring (bicyclic) bond motifs is 1. The predicted molar refractivity (Wildman–Crippen MR) is 124 cm³/mol. The molecule has 1 amide bonds. The van der Waals surface area contributed by atoms with Gasteiger partial charge in [0.25, 0.3) is 0 Å². The summed E-state index contributed by atoms with van der Waals surface area (Å²) in [6.45, 7) is 4.08. The highest BCUT2D eigenvalue weighted by molar-refractivity contribution is 8.00. The van der Waals surface area contributed by atoms with Crippen LogP contribution in [-0.4, -0.2) is 26.7 Å². The largest absolute Gasteiger partial charge is 0.325 e. The summed E-state index contributed by atoms with van der Waals surface area (Å²) in [6, 6.07) is 19.5. The van der Waals surface area contributed by atoms with E-state index in [0.29, 0.717) is 10.8 Å². The van der Waals surface area contributed by atoms with E-state index in [2.05, 4.69) is 34.6 Å². The number of aryl methyl sites for hydroxylation is 2. The Balaban J connectivity index is 1.49. The van der Waals surface area contributed by atoms with E-state index < -0.39 is 0 Å². The van der Waals surface area contributed by atoms with Gasteiger partial charge in [-0.2, -0.15) is 4.80 Å². The molecule has 7 heteroatoms. The van der Waals surface area contributed by atoms with Gasteiger partial charge in [0, 0.05) is 15.6 Å². The van der Waals surface area contributed by atoms with Crippen molar-refractivity contribution in [3.05, 3.63) is 76.8 Å². The predicted octanol–water partition coefficient (Wildman–Crippen LogP) is 5.68. The fraction of sp³-hybridized carbons (Fsp3) is 0.174. The first-order valence-corrected chi connectivity index (χ1v) is 11.0. The summed E-state index contributed by atoms with van der Waals surface area (Å²) in [5.41, 5.74) is 5.40. The molecule has 1 heterocycles. The number of rotatable bonds is 6. The Kier molecular flexibility index (Phi) is 6.06. The molecule has 0 aliphatic heterocycles. The third kappa shape index (κ3) is 4.66. The number of hydrogen-bond donors (Lipinski definition) is 1. The quantitative estimate of drug-likeness (QED) is 0.395. The van der Waals surface area contributed by atoms with Crippen LogP contribution in [0, 0.1) is 6.92 Å². The average molecular weight is 437 g/mol. The van der Waals surface area contributed by atoms with Gasteiger partial charge in [0.15, 0.2) is 0 Å². The first-order chi connectivity index (χ1) is 14.5. The third-order valence-corrected chi connectivity index (χ3v) is 6.02. The van der Waals surface area contributed by atoms with Crippen LogP contribution < -0.4 is 5.32 Å². The van der Waals surface area contributed by atoms with E-state index in [-0.39, 0.29) is 5.91 Å². The molecule has 30 heavy (non-hydrogen) atoms. The standard InChI is InChI=1S/C23H21ClN4OS/c1-3-16-4-8-18(9-5-16)28-26-21-12-15(2)20(13-22(21)27-28)25-23(29)14-30-19-10-6-17(24)7-11-19/h4-13H,3,14H2,1-2H3,(H,25,29). The Morgan fingerprint density at radius 2 is 1.70 bits per heavy atom. The zero-order chi connectivity index (χ0) is 21.1. The molecule has 0 bridgehead atoms. The molecule has 4 aromatic rings. The van der Waals surface area contributed by atoms with Crippen LogP contribution in [0.25, 0.3) is 16.7 Å². The number of hydrogen-bond acceptors (Lipinski definition) is 4. The topological polar surface area (TPSA) is 59.8 Å². The van der Waals surface area contributed by atoms with Crippen molar-refractivity contribution in [2.75, 3.05) is 11.1 Å². The molecule has 0 spiro atoms. The SMILES string of the molecule is CCc1ccc(-n2nc3cc(C)c(NC(=O)CSc4ccc(Cl)cc4)cc3n2)cc1. The fourth-order valence-electron chi connectivity index (χ4n) is 3.05. The maximum absolute atomic E-state index is 12.4. The summed E-state index contributed by atoms with van der Waals surface area (Å²) in [6.07, 6.45) is 0.993. The van der Waals surface area contributed by atoms with Gasteiger partial charge < -0.3 is 5.32 Å². The van der Waals surface area contributed by atoms with Gasteiger partial charge in [-0.25, -0.2) is 0 Å². The number of anilines is 1. The third-order valence-electron chi connectivity index (χ3n) is 4.76. The Labute approximate surface area is 184 Å². The molecule has 0 unspecified atom stereocenters. The monoisotopic (exact) mass is 436 g/mol. The van der Waals surface area contributed by atoms with Gasteiger partial charge in [0.2, 0.25) is 5.91 Å². The summed E-state index contributed by atoms with van der Waals surface area (Å²) in [7, 11) is 0. The van der Waals surface area contributed by atoms with Crippen molar-refractivity contribution in [1.82, 2.24) is 15.0 Å². The van der Waals surface area contributed by atoms with Crippen molar-refractivity contribution in [3.63, 3.8) is 0 Å². The van der Waals surface area contributed by atoms with E-state index >= 15 is 0 Å². The van der Waals surface area contributed by atoms with Crippen molar-refractivity contribution < 1.29 is 4.79 Å². The second-order valence-corrected chi connectivity index (χ2v) is 8.44. The minimum Gasteiger partial charge on any atom is -0.325 e. The maximum Gasteiger partial charge on any atom is 0.234 e. The van der Waals surface area contributed by atoms with E-state index in [4.69, 9.17) is 11.6 Å². The lowest BCUT2D eigenvalue weighted by Gasteiger charge is -2.08. The molecule has 1 N–H and O–H groups in total. The second kappa shape index (κ2) is 8.90. The van der Waals surface area contributed by atoms with E-state index in [0.717, 1.165) is 39.3 Å². The van der Waals surface area contributed by atoms with Crippen LogP contribution in [0.5, 0.6) is 0 Å². The highest BCUT2D eigenvalue weighted by atomic mass is 35.5. The molecule has 0 fully saturated rings. The molecule has 3 aromatic carbocycles. The van der Waals surface area contributed by atoms with Gasteiger partial charge in [-0.3, -0.25) is 4.79 Å². The van der Waals surface area contributed by atoms with Crippen molar-refractivity contribution in [2.24, 2.45) is 0 Å².